The van der Waals surface area contributed by atoms with E-state index in [4.69, 9.17) is 5.11 Å². The van der Waals surface area contributed by atoms with Crippen molar-refractivity contribution in [2.45, 2.75) is 13.3 Å². The minimum Gasteiger partial charge on any atom is -0.481 e. The van der Waals surface area contributed by atoms with Gasteiger partial charge < -0.3 is 5.11 Å². The zero-order chi connectivity index (χ0) is 13.2. The van der Waals surface area contributed by atoms with Gasteiger partial charge in [-0.2, -0.15) is 4.39 Å². The summed E-state index contributed by atoms with van der Waals surface area (Å²) in [5, 5.41) is 19.1. The third-order valence-electron chi connectivity index (χ3n) is 2.23. The van der Waals surface area contributed by atoms with Gasteiger partial charge in [0.05, 0.1) is 10.8 Å². The molecule has 0 saturated heterocycles. The van der Waals surface area contributed by atoms with E-state index in [0.717, 1.165) is 12.1 Å². The van der Waals surface area contributed by atoms with Gasteiger partial charge in [-0.1, -0.05) is 6.92 Å². The van der Waals surface area contributed by atoms with Gasteiger partial charge in [-0.05, 0) is 18.1 Å². The van der Waals surface area contributed by atoms with Crippen LogP contribution in [0.2, 0.25) is 0 Å². The van der Waals surface area contributed by atoms with E-state index < -0.39 is 34.1 Å². The molecule has 0 spiro atoms. The number of carboxylic acid groups (broad SMARTS) is 1. The van der Waals surface area contributed by atoms with Gasteiger partial charge in [0.25, 0.3) is 0 Å². The van der Waals surface area contributed by atoms with Gasteiger partial charge in [-0.15, -0.1) is 0 Å². The predicted octanol–water partition coefficient (Wildman–Crippen LogP) is 2.14. The molecule has 92 valence electrons. The van der Waals surface area contributed by atoms with Crippen molar-refractivity contribution in [2.75, 3.05) is 0 Å². The maximum atomic E-state index is 13.0. The van der Waals surface area contributed by atoms with Crippen molar-refractivity contribution in [3.63, 3.8) is 0 Å². The molecule has 1 N–H and O–H groups in total. The van der Waals surface area contributed by atoms with Crippen LogP contribution in [0.4, 0.5) is 14.5 Å². The second-order valence-corrected chi connectivity index (χ2v) is 3.61. The molecule has 0 saturated carbocycles. The maximum absolute atomic E-state index is 13.0. The van der Waals surface area contributed by atoms with Gasteiger partial charge in [0, 0.05) is 6.07 Å². The lowest BCUT2D eigenvalue weighted by Crippen LogP contribution is -2.12. The minimum absolute atomic E-state index is 0.0745. The number of benzene rings is 1. The molecular formula is C10H9F2NO4. The summed E-state index contributed by atoms with van der Waals surface area (Å²) in [6, 6.07) is 1.61. The largest absolute Gasteiger partial charge is 0.481 e. The van der Waals surface area contributed by atoms with Crippen LogP contribution in [0.3, 0.4) is 0 Å². The van der Waals surface area contributed by atoms with Gasteiger partial charge in [0.2, 0.25) is 5.82 Å². The summed E-state index contributed by atoms with van der Waals surface area (Å²) in [6.45, 7) is 1.37. The Labute approximate surface area is 94.8 Å². The maximum Gasteiger partial charge on any atom is 0.308 e. The van der Waals surface area contributed by atoms with Crippen LogP contribution < -0.4 is 0 Å². The molecule has 1 unspecified atom stereocenters. The van der Waals surface area contributed by atoms with Gasteiger partial charge in [0.1, 0.15) is 0 Å². The average Bonchev–Trinajstić information content (AvgIpc) is 2.22. The lowest BCUT2D eigenvalue weighted by atomic mass is 10.0. The van der Waals surface area contributed by atoms with Crippen LogP contribution in [0, 0.1) is 27.7 Å². The highest BCUT2D eigenvalue weighted by molar-refractivity contribution is 5.69. The Hall–Kier alpha value is -2.05. The summed E-state index contributed by atoms with van der Waals surface area (Å²) in [5.41, 5.74) is -0.914. The van der Waals surface area contributed by atoms with Gasteiger partial charge in [0.15, 0.2) is 5.82 Å². The summed E-state index contributed by atoms with van der Waals surface area (Å²) in [4.78, 5) is 20.0. The molecule has 1 atom stereocenters. The Kier molecular flexibility index (Phi) is 3.72. The van der Waals surface area contributed by atoms with E-state index >= 15 is 0 Å². The molecular weight excluding hydrogens is 236 g/mol. The summed E-state index contributed by atoms with van der Waals surface area (Å²) < 4.78 is 26.0. The number of nitrogens with zero attached hydrogens (tertiary/aromatic N) is 1. The zero-order valence-corrected chi connectivity index (χ0v) is 8.81. The van der Waals surface area contributed by atoms with Crippen molar-refractivity contribution in [3.05, 3.63) is 39.4 Å². The van der Waals surface area contributed by atoms with Crippen LogP contribution in [0.1, 0.15) is 12.5 Å². The molecule has 17 heavy (non-hydrogen) atoms. The molecule has 0 radical (unpaired) electrons. The molecule has 1 aromatic carbocycles. The first-order valence-corrected chi connectivity index (χ1v) is 4.68. The molecule has 5 nitrogen and oxygen atoms in total. The van der Waals surface area contributed by atoms with E-state index in [9.17, 15) is 23.7 Å². The second kappa shape index (κ2) is 4.86. The molecule has 0 aliphatic heterocycles. The number of carboxylic acids is 1. The number of aliphatic carboxylic acids is 1. The van der Waals surface area contributed by atoms with Crippen LogP contribution in [-0.4, -0.2) is 16.0 Å². The quantitative estimate of drug-likeness (QED) is 0.650. The van der Waals surface area contributed by atoms with E-state index in [1.165, 1.54) is 6.92 Å². The molecule has 0 amide bonds. The number of halogens is 2. The lowest BCUT2D eigenvalue weighted by Gasteiger charge is -2.06. The monoisotopic (exact) mass is 245 g/mol. The van der Waals surface area contributed by atoms with Gasteiger partial charge in [-0.25, -0.2) is 4.39 Å². The van der Waals surface area contributed by atoms with E-state index in [1.807, 2.05) is 0 Å². The number of hydrogen-bond acceptors (Lipinski definition) is 3. The highest BCUT2D eigenvalue weighted by Gasteiger charge is 2.21. The fourth-order valence-electron chi connectivity index (χ4n) is 1.32. The summed E-state index contributed by atoms with van der Waals surface area (Å²) >= 11 is 0. The number of rotatable bonds is 4. The molecule has 0 fully saturated rings. The number of hydrogen-bond donors (Lipinski definition) is 1. The SMILES string of the molecule is CC(Cc1cc(F)c(F)c([N+](=O)[O-])c1)C(=O)O. The molecule has 0 aliphatic rings. The first-order chi connectivity index (χ1) is 7.82. The molecule has 0 heterocycles. The van der Waals surface area contributed by atoms with E-state index in [-0.39, 0.29) is 12.0 Å². The molecule has 0 bridgehead atoms. The van der Waals surface area contributed by atoms with Crippen LogP contribution in [0.5, 0.6) is 0 Å². The van der Waals surface area contributed by atoms with Crippen LogP contribution in [0.25, 0.3) is 0 Å². The van der Waals surface area contributed by atoms with Gasteiger partial charge in [-0.3, -0.25) is 14.9 Å². The summed E-state index contributed by atoms with van der Waals surface area (Å²) in [7, 11) is 0. The van der Waals surface area contributed by atoms with E-state index in [1.54, 1.807) is 0 Å². The predicted molar refractivity (Wildman–Crippen MR) is 53.5 cm³/mol. The van der Waals surface area contributed by atoms with E-state index in [0.29, 0.717) is 0 Å². The molecule has 1 aromatic rings. The Morgan fingerprint density at radius 2 is 2.12 bits per heavy atom. The Bertz CT molecular complexity index is 476. The topological polar surface area (TPSA) is 80.4 Å². The molecule has 0 aliphatic carbocycles. The highest BCUT2D eigenvalue weighted by Crippen LogP contribution is 2.23. The number of nitro benzene ring substituents is 1. The summed E-state index contributed by atoms with van der Waals surface area (Å²) in [5.74, 6) is -4.84. The Morgan fingerprint density at radius 3 is 2.59 bits per heavy atom. The fraction of sp³-hybridized carbons (Fsp3) is 0.300. The first kappa shape index (κ1) is 13.0. The third-order valence-corrected chi connectivity index (χ3v) is 2.23. The normalized spacial score (nSPS) is 12.2. The standard InChI is InChI=1S/C10H9F2NO4/c1-5(10(14)15)2-6-3-7(11)9(12)8(4-6)13(16)17/h3-5H,2H2,1H3,(H,14,15). The number of nitro groups is 1. The Morgan fingerprint density at radius 1 is 1.53 bits per heavy atom. The van der Waals surface area contributed by atoms with Crippen LogP contribution in [0.15, 0.2) is 12.1 Å². The fourth-order valence-corrected chi connectivity index (χ4v) is 1.32. The third kappa shape index (κ3) is 2.96. The zero-order valence-electron chi connectivity index (χ0n) is 8.81. The van der Waals surface area contributed by atoms with Crippen molar-refractivity contribution in [2.24, 2.45) is 5.92 Å². The van der Waals surface area contributed by atoms with Crippen molar-refractivity contribution < 1.29 is 23.6 Å². The highest BCUT2D eigenvalue weighted by atomic mass is 19.2. The smallest absolute Gasteiger partial charge is 0.308 e. The van der Waals surface area contributed by atoms with Crippen molar-refractivity contribution >= 4 is 11.7 Å². The van der Waals surface area contributed by atoms with Gasteiger partial charge >= 0.3 is 11.7 Å². The van der Waals surface area contributed by atoms with Crippen molar-refractivity contribution in [1.82, 2.24) is 0 Å². The van der Waals surface area contributed by atoms with Crippen molar-refractivity contribution in [3.8, 4) is 0 Å². The molecule has 1 rings (SSSR count). The molecule has 7 heteroatoms. The second-order valence-electron chi connectivity index (χ2n) is 3.61. The first-order valence-electron chi connectivity index (χ1n) is 4.68. The van der Waals surface area contributed by atoms with Crippen LogP contribution >= 0.6 is 0 Å². The average molecular weight is 245 g/mol. The minimum atomic E-state index is -1.54. The Balaban J connectivity index is 3.11. The van der Waals surface area contributed by atoms with Crippen LogP contribution in [-0.2, 0) is 11.2 Å². The van der Waals surface area contributed by atoms with E-state index in [2.05, 4.69) is 0 Å². The number of carbonyl (C=O) groups is 1. The lowest BCUT2D eigenvalue weighted by molar-refractivity contribution is -0.387. The molecule has 0 aromatic heterocycles. The summed E-state index contributed by atoms with van der Waals surface area (Å²) in [6.07, 6.45) is -0.104. The van der Waals surface area contributed by atoms with Crippen molar-refractivity contribution in [1.29, 1.82) is 0 Å².